The van der Waals surface area contributed by atoms with Gasteiger partial charge in [-0.3, -0.25) is 0 Å². The molecule has 0 aliphatic rings. The summed E-state index contributed by atoms with van der Waals surface area (Å²) in [5.41, 5.74) is 3.98. The zero-order chi connectivity index (χ0) is 10.9. The molecule has 1 aromatic rings. The van der Waals surface area contributed by atoms with Crippen molar-refractivity contribution in [3.05, 3.63) is 29.3 Å². The molecule has 0 saturated carbocycles. The Bertz CT molecular complexity index is 371. The minimum Gasteiger partial charge on any atom is -0.387 e. The number of aliphatic imine (C=N–C) groups is 1. The number of benzene rings is 1. The first-order chi connectivity index (χ1) is 6.43. The second kappa shape index (κ2) is 3.65. The number of hydrogen-bond donors (Lipinski definition) is 1. The number of rotatable bonds is 1. The highest BCUT2D eigenvalue weighted by Gasteiger charge is 2.18. The molecule has 2 N–H and O–H groups in total. The lowest BCUT2D eigenvalue weighted by Gasteiger charge is -2.01. The zero-order valence-corrected chi connectivity index (χ0v) is 7.11. The summed E-state index contributed by atoms with van der Waals surface area (Å²) >= 11 is 0. The maximum Gasteiger partial charge on any atom is 0.187 e. The fourth-order valence-electron chi connectivity index (χ4n) is 0.835. The molecule has 0 spiro atoms. The topological polar surface area (TPSA) is 38.4 Å². The van der Waals surface area contributed by atoms with Crippen LogP contribution in [0.15, 0.2) is 11.1 Å². The van der Waals surface area contributed by atoms with Crippen LogP contribution in [-0.4, -0.2) is 5.84 Å². The minimum atomic E-state index is -1.56. The first kappa shape index (κ1) is 10.5. The lowest BCUT2D eigenvalue weighted by molar-refractivity contribution is 0.457. The molecule has 0 fully saturated rings. The van der Waals surface area contributed by atoms with E-state index in [9.17, 15) is 17.6 Å². The van der Waals surface area contributed by atoms with Crippen LogP contribution in [-0.2, 0) is 0 Å². The van der Waals surface area contributed by atoms with Crippen molar-refractivity contribution in [2.75, 3.05) is 0 Å². The highest BCUT2D eigenvalue weighted by Crippen LogP contribution is 2.26. The second-order valence-electron chi connectivity index (χ2n) is 2.57. The molecule has 2 nitrogen and oxygen atoms in total. The summed E-state index contributed by atoms with van der Waals surface area (Å²) in [5, 5.41) is 0. The third kappa shape index (κ3) is 1.84. The van der Waals surface area contributed by atoms with Crippen molar-refractivity contribution in [1.82, 2.24) is 0 Å². The molecule has 0 aliphatic carbocycles. The number of hydrogen-bond acceptors (Lipinski definition) is 1. The first-order valence-corrected chi connectivity index (χ1v) is 3.57. The molecule has 0 unspecified atom stereocenters. The first-order valence-electron chi connectivity index (χ1n) is 3.57. The molecule has 0 radical (unpaired) electrons. The van der Waals surface area contributed by atoms with Crippen molar-refractivity contribution >= 4 is 11.5 Å². The van der Waals surface area contributed by atoms with E-state index in [0.717, 1.165) is 0 Å². The van der Waals surface area contributed by atoms with E-state index in [2.05, 4.69) is 4.99 Å². The van der Waals surface area contributed by atoms with Gasteiger partial charge in [0.15, 0.2) is 23.3 Å². The van der Waals surface area contributed by atoms with Crippen LogP contribution >= 0.6 is 0 Å². The highest BCUT2D eigenvalue weighted by molar-refractivity contribution is 5.80. The van der Waals surface area contributed by atoms with Gasteiger partial charge in [0, 0.05) is 6.07 Å². The van der Waals surface area contributed by atoms with Crippen LogP contribution in [0.3, 0.4) is 0 Å². The van der Waals surface area contributed by atoms with Gasteiger partial charge in [-0.05, 0) is 6.92 Å². The van der Waals surface area contributed by atoms with Gasteiger partial charge in [-0.15, -0.1) is 0 Å². The van der Waals surface area contributed by atoms with E-state index in [0.29, 0.717) is 0 Å². The van der Waals surface area contributed by atoms with Gasteiger partial charge in [0.05, 0.1) is 5.84 Å². The molecule has 0 saturated heterocycles. The zero-order valence-electron chi connectivity index (χ0n) is 7.11. The molecule has 0 atom stereocenters. The third-order valence-corrected chi connectivity index (χ3v) is 1.38. The smallest absolute Gasteiger partial charge is 0.187 e. The van der Waals surface area contributed by atoms with E-state index in [4.69, 9.17) is 5.73 Å². The SMILES string of the molecule is CC(N)=Nc1c(F)c(F)cc(F)c1F. The van der Waals surface area contributed by atoms with Crippen LogP contribution in [0.4, 0.5) is 23.2 Å². The molecule has 76 valence electrons. The monoisotopic (exact) mass is 206 g/mol. The highest BCUT2D eigenvalue weighted by atomic mass is 19.2. The van der Waals surface area contributed by atoms with Crippen LogP contribution in [0.2, 0.25) is 0 Å². The molecular weight excluding hydrogens is 200 g/mol. The van der Waals surface area contributed by atoms with Gasteiger partial charge in [0.25, 0.3) is 0 Å². The van der Waals surface area contributed by atoms with Gasteiger partial charge < -0.3 is 5.73 Å². The normalized spacial score (nSPS) is 11.9. The quantitative estimate of drug-likeness (QED) is 0.325. The Labute approximate surface area is 77.1 Å². The standard InChI is InChI=1S/C8H6F4N2/c1-3(13)14-8-6(11)4(9)2-5(10)7(8)12/h2H,1H3,(H2,13,14). The van der Waals surface area contributed by atoms with Crippen molar-refractivity contribution in [1.29, 1.82) is 0 Å². The van der Waals surface area contributed by atoms with E-state index in [1.807, 2.05) is 0 Å². The Hall–Kier alpha value is -1.59. The summed E-state index contributed by atoms with van der Waals surface area (Å²) in [6.45, 7) is 1.24. The molecule has 1 rings (SSSR count). The predicted octanol–water partition coefficient (Wildman–Crippen LogP) is 2.25. The van der Waals surface area contributed by atoms with Gasteiger partial charge in [-0.25, -0.2) is 22.6 Å². The summed E-state index contributed by atoms with van der Waals surface area (Å²) in [4.78, 5) is 3.14. The molecule has 0 heterocycles. The second-order valence-corrected chi connectivity index (χ2v) is 2.57. The summed E-state index contributed by atoms with van der Waals surface area (Å²) in [5.74, 6) is -6.34. The van der Waals surface area contributed by atoms with Crippen molar-refractivity contribution in [3.8, 4) is 0 Å². The van der Waals surface area contributed by atoms with Crippen LogP contribution in [0.5, 0.6) is 0 Å². The predicted molar refractivity (Wildman–Crippen MR) is 43.2 cm³/mol. The Morgan fingerprint density at radius 1 is 1.14 bits per heavy atom. The molecule has 6 heteroatoms. The third-order valence-electron chi connectivity index (χ3n) is 1.38. The maximum atomic E-state index is 12.9. The van der Waals surface area contributed by atoms with E-state index in [1.54, 1.807) is 0 Å². The van der Waals surface area contributed by atoms with Gasteiger partial charge in [0.1, 0.15) is 5.69 Å². The Morgan fingerprint density at radius 2 is 1.57 bits per heavy atom. The number of nitrogens with zero attached hydrogens (tertiary/aromatic N) is 1. The van der Waals surface area contributed by atoms with Crippen LogP contribution in [0.1, 0.15) is 6.92 Å². The van der Waals surface area contributed by atoms with E-state index in [1.165, 1.54) is 6.92 Å². The summed E-state index contributed by atoms with van der Waals surface area (Å²) in [6.07, 6.45) is 0. The lowest BCUT2D eigenvalue weighted by Crippen LogP contribution is -2.05. The number of halogens is 4. The van der Waals surface area contributed by atoms with E-state index < -0.39 is 29.0 Å². The molecule has 1 aromatic carbocycles. The minimum absolute atomic E-state index is 0.107. The summed E-state index contributed by atoms with van der Waals surface area (Å²) in [6, 6.07) is 0.107. The lowest BCUT2D eigenvalue weighted by atomic mass is 10.2. The average Bonchev–Trinajstić information content (AvgIpc) is 2.09. The van der Waals surface area contributed by atoms with Crippen molar-refractivity contribution < 1.29 is 17.6 Å². The van der Waals surface area contributed by atoms with E-state index in [-0.39, 0.29) is 11.9 Å². The van der Waals surface area contributed by atoms with E-state index >= 15 is 0 Å². The fourth-order valence-corrected chi connectivity index (χ4v) is 0.835. The Kier molecular flexibility index (Phi) is 2.73. The Balaban J connectivity index is 3.47. The van der Waals surface area contributed by atoms with Crippen molar-refractivity contribution in [3.63, 3.8) is 0 Å². The summed E-state index contributed by atoms with van der Waals surface area (Å²) < 4.78 is 50.9. The largest absolute Gasteiger partial charge is 0.387 e. The summed E-state index contributed by atoms with van der Waals surface area (Å²) in [7, 11) is 0. The Morgan fingerprint density at radius 3 is 1.93 bits per heavy atom. The molecule has 0 bridgehead atoms. The van der Waals surface area contributed by atoms with Crippen molar-refractivity contribution in [2.45, 2.75) is 6.92 Å². The molecule has 0 aliphatic heterocycles. The van der Waals surface area contributed by atoms with Gasteiger partial charge in [-0.1, -0.05) is 0 Å². The number of amidine groups is 1. The molecule has 0 amide bonds. The number of nitrogens with two attached hydrogens (primary N) is 1. The molecular formula is C8H6F4N2. The van der Waals surface area contributed by atoms with Crippen LogP contribution in [0, 0.1) is 23.3 Å². The average molecular weight is 206 g/mol. The van der Waals surface area contributed by atoms with Gasteiger partial charge in [-0.2, -0.15) is 0 Å². The maximum absolute atomic E-state index is 12.9. The van der Waals surface area contributed by atoms with Gasteiger partial charge in [0.2, 0.25) is 0 Å². The van der Waals surface area contributed by atoms with Crippen LogP contribution in [0.25, 0.3) is 0 Å². The molecule has 0 aromatic heterocycles. The van der Waals surface area contributed by atoms with Crippen molar-refractivity contribution in [2.24, 2.45) is 10.7 Å². The molecule has 14 heavy (non-hydrogen) atoms. The van der Waals surface area contributed by atoms with Gasteiger partial charge >= 0.3 is 0 Å². The fraction of sp³-hybridized carbons (Fsp3) is 0.125. The van der Waals surface area contributed by atoms with Crippen LogP contribution < -0.4 is 5.73 Å².